The summed E-state index contributed by atoms with van der Waals surface area (Å²) in [5.74, 6) is -0.531. The number of nitrogens with one attached hydrogen (secondary N) is 2. The number of carbonyl (C=O) groups excluding carboxylic acids is 3. The van der Waals surface area contributed by atoms with Crippen LogP contribution in [0.2, 0.25) is 5.02 Å². The molecule has 41 heavy (non-hydrogen) atoms. The number of thioether (sulfide) groups is 1. The van der Waals surface area contributed by atoms with Crippen molar-refractivity contribution in [2.45, 2.75) is 27.7 Å². The molecule has 1 fully saturated rings. The minimum Gasteiger partial charge on any atom is -0.490 e. The van der Waals surface area contributed by atoms with E-state index in [1.165, 1.54) is 0 Å². The van der Waals surface area contributed by atoms with Crippen LogP contribution in [0.15, 0.2) is 59.5 Å². The van der Waals surface area contributed by atoms with Crippen LogP contribution in [0.5, 0.6) is 11.5 Å². The molecule has 1 heterocycles. The highest BCUT2D eigenvalue weighted by atomic mass is 35.5. The van der Waals surface area contributed by atoms with Gasteiger partial charge in [0.1, 0.15) is 0 Å². The summed E-state index contributed by atoms with van der Waals surface area (Å²) in [6.45, 7) is 7.83. The van der Waals surface area contributed by atoms with Crippen LogP contribution >= 0.6 is 35.6 Å². The van der Waals surface area contributed by atoms with E-state index in [2.05, 4.69) is 10.7 Å². The van der Waals surface area contributed by atoms with Gasteiger partial charge in [-0.1, -0.05) is 41.6 Å². The van der Waals surface area contributed by atoms with Gasteiger partial charge in [0.15, 0.2) is 22.4 Å². The van der Waals surface area contributed by atoms with E-state index in [-0.39, 0.29) is 27.4 Å². The average molecular weight is 610 g/mol. The summed E-state index contributed by atoms with van der Waals surface area (Å²) in [4.78, 5) is 38.6. The van der Waals surface area contributed by atoms with Crippen molar-refractivity contribution in [3.63, 3.8) is 0 Å². The standard InChI is InChI=1S/C30H28ClN3O5S2/c1-5-38-25-14-20(8-11-24(25)39-16-27(35)32-21-9-7-18(3)19(4)13-21)15-26-29(37)34(30(40)41-26)33-28(36)22-10-6-17(2)12-23(22)31/h6-15H,5,16H2,1-4H3,(H,32,35)(H,33,36)/b26-15+. The van der Waals surface area contributed by atoms with Crippen LogP contribution < -0.4 is 20.2 Å². The predicted molar refractivity (Wildman–Crippen MR) is 166 cm³/mol. The van der Waals surface area contributed by atoms with E-state index in [4.69, 9.17) is 33.3 Å². The molecule has 11 heteroatoms. The largest absolute Gasteiger partial charge is 0.490 e. The normalized spacial score (nSPS) is 13.9. The van der Waals surface area contributed by atoms with Crippen LogP contribution in [0.25, 0.3) is 6.08 Å². The van der Waals surface area contributed by atoms with Gasteiger partial charge in [0.05, 0.1) is 22.1 Å². The van der Waals surface area contributed by atoms with Gasteiger partial charge >= 0.3 is 0 Å². The van der Waals surface area contributed by atoms with Gasteiger partial charge in [0.25, 0.3) is 17.7 Å². The van der Waals surface area contributed by atoms with Crippen LogP contribution in [-0.2, 0) is 9.59 Å². The molecule has 0 bridgehead atoms. The van der Waals surface area contributed by atoms with Crippen LogP contribution in [0.4, 0.5) is 5.69 Å². The van der Waals surface area contributed by atoms with Gasteiger partial charge in [-0.3, -0.25) is 19.8 Å². The number of anilines is 1. The van der Waals surface area contributed by atoms with Crippen molar-refractivity contribution in [2.24, 2.45) is 0 Å². The molecule has 1 saturated heterocycles. The Balaban J connectivity index is 1.44. The Morgan fingerprint density at radius 3 is 2.49 bits per heavy atom. The Morgan fingerprint density at radius 1 is 1.00 bits per heavy atom. The third kappa shape index (κ3) is 7.46. The van der Waals surface area contributed by atoms with Crippen molar-refractivity contribution in [2.75, 3.05) is 18.5 Å². The first kappa shape index (κ1) is 30.1. The van der Waals surface area contributed by atoms with Gasteiger partial charge in [-0.05, 0) is 105 Å². The van der Waals surface area contributed by atoms with Crippen molar-refractivity contribution in [1.29, 1.82) is 0 Å². The van der Waals surface area contributed by atoms with Gasteiger partial charge in [0, 0.05) is 5.69 Å². The molecule has 0 unspecified atom stereocenters. The smallest absolute Gasteiger partial charge is 0.285 e. The number of hydrogen-bond acceptors (Lipinski definition) is 7. The molecule has 3 amide bonds. The molecular formula is C30H28ClN3O5S2. The number of hydrazine groups is 1. The summed E-state index contributed by atoms with van der Waals surface area (Å²) in [7, 11) is 0. The summed E-state index contributed by atoms with van der Waals surface area (Å²) in [5.41, 5.74) is 7.23. The number of hydrogen-bond donors (Lipinski definition) is 2. The fraction of sp³-hybridized carbons (Fsp3) is 0.200. The quantitative estimate of drug-likeness (QED) is 0.219. The number of amides is 3. The lowest BCUT2D eigenvalue weighted by atomic mass is 10.1. The van der Waals surface area contributed by atoms with Gasteiger partial charge in [-0.2, -0.15) is 5.01 Å². The topological polar surface area (TPSA) is 97.0 Å². The van der Waals surface area contributed by atoms with E-state index in [0.717, 1.165) is 33.5 Å². The molecular weight excluding hydrogens is 582 g/mol. The van der Waals surface area contributed by atoms with E-state index >= 15 is 0 Å². The van der Waals surface area contributed by atoms with Gasteiger partial charge in [-0.15, -0.1) is 0 Å². The first-order valence-electron chi connectivity index (χ1n) is 12.7. The van der Waals surface area contributed by atoms with Gasteiger partial charge in [-0.25, -0.2) is 0 Å². The first-order valence-corrected chi connectivity index (χ1v) is 14.3. The molecule has 0 aromatic heterocycles. The van der Waals surface area contributed by atoms with Crippen LogP contribution in [0.3, 0.4) is 0 Å². The molecule has 2 N–H and O–H groups in total. The van der Waals surface area contributed by atoms with Crippen molar-refractivity contribution in [1.82, 2.24) is 10.4 Å². The zero-order valence-corrected chi connectivity index (χ0v) is 25.3. The van der Waals surface area contributed by atoms with E-state index in [1.807, 2.05) is 45.9 Å². The van der Waals surface area contributed by atoms with Gasteiger partial charge in [0.2, 0.25) is 0 Å². The number of nitrogens with zero attached hydrogens (tertiary/aromatic N) is 1. The Morgan fingerprint density at radius 2 is 1.78 bits per heavy atom. The van der Waals surface area contributed by atoms with Crippen molar-refractivity contribution >= 4 is 69.4 Å². The number of ether oxygens (including phenoxy) is 2. The summed E-state index contributed by atoms with van der Waals surface area (Å²) in [6, 6.07) is 15.8. The SMILES string of the molecule is CCOc1cc(/C=C2/SC(=S)N(NC(=O)c3ccc(C)cc3Cl)C2=O)ccc1OCC(=O)Nc1ccc(C)c(C)c1. The fourth-order valence-electron chi connectivity index (χ4n) is 3.84. The summed E-state index contributed by atoms with van der Waals surface area (Å²) in [6.07, 6.45) is 1.64. The number of aryl methyl sites for hydroxylation is 3. The molecule has 0 saturated carbocycles. The second-order valence-corrected chi connectivity index (χ2v) is 11.3. The zero-order valence-electron chi connectivity index (χ0n) is 22.9. The monoisotopic (exact) mass is 609 g/mol. The average Bonchev–Trinajstić information content (AvgIpc) is 3.17. The Hall–Kier alpha value is -3.86. The van der Waals surface area contributed by atoms with E-state index in [0.29, 0.717) is 34.3 Å². The van der Waals surface area contributed by atoms with Gasteiger partial charge < -0.3 is 14.8 Å². The molecule has 0 atom stereocenters. The second-order valence-electron chi connectivity index (χ2n) is 9.22. The van der Waals surface area contributed by atoms with Crippen LogP contribution in [0, 0.1) is 20.8 Å². The molecule has 0 radical (unpaired) electrons. The number of thiocarbonyl (C=S) groups is 1. The summed E-state index contributed by atoms with van der Waals surface area (Å²) >= 11 is 12.6. The lowest BCUT2D eigenvalue weighted by molar-refractivity contribution is -0.123. The zero-order chi connectivity index (χ0) is 29.7. The lowest BCUT2D eigenvalue weighted by Gasteiger charge is -2.16. The molecule has 4 rings (SSSR count). The highest BCUT2D eigenvalue weighted by Gasteiger charge is 2.34. The van der Waals surface area contributed by atoms with Crippen LogP contribution in [0.1, 0.15) is 39.5 Å². The number of halogens is 1. The molecule has 0 aliphatic carbocycles. The predicted octanol–water partition coefficient (Wildman–Crippen LogP) is 6.23. The summed E-state index contributed by atoms with van der Waals surface area (Å²) < 4.78 is 11.7. The second kappa shape index (κ2) is 13.2. The van der Waals surface area contributed by atoms with Crippen molar-refractivity contribution in [3.05, 3.63) is 92.3 Å². The molecule has 0 spiro atoms. The Kier molecular flexibility index (Phi) is 9.69. The van der Waals surface area contributed by atoms with E-state index < -0.39 is 11.8 Å². The van der Waals surface area contributed by atoms with E-state index in [1.54, 1.807) is 42.5 Å². The summed E-state index contributed by atoms with van der Waals surface area (Å²) in [5, 5.41) is 4.13. The van der Waals surface area contributed by atoms with Crippen molar-refractivity contribution < 1.29 is 23.9 Å². The molecule has 3 aromatic rings. The first-order chi connectivity index (χ1) is 19.5. The third-order valence-electron chi connectivity index (χ3n) is 6.09. The Bertz CT molecular complexity index is 1570. The lowest BCUT2D eigenvalue weighted by Crippen LogP contribution is -2.44. The molecule has 1 aliphatic heterocycles. The fourth-order valence-corrected chi connectivity index (χ4v) is 5.34. The highest BCUT2D eigenvalue weighted by Crippen LogP contribution is 2.34. The van der Waals surface area contributed by atoms with Crippen LogP contribution in [-0.4, -0.2) is 40.3 Å². The minimum atomic E-state index is -0.547. The maximum atomic E-state index is 13.1. The van der Waals surface area contributed by atoms with Crippen molar-refractivity contribution in [3.8, 4) is 11.5 Å². The minimum absolute atomic E-state index is 0.178. The number of rotatable bonds is 9. The molecule has 8 nitrogen and oxygen atoms in total. The third-order valence-corrected chi connectivity index (χ3v) is 7.71. The maximum Gasteiger partial charge on any atom is 0.285 e. The highest BCUT2D eigenvalue weighted by molar-refractivity contribution is 8.26. The van der Waals surface area contributed by atoms with E-state index in [9.17, 15) is 14.4 Å². The molecule has 1 aliphatic rings. The Labute approximate surface area is 253 Å². The molecule has 212 valence electrons. The molecule has 3 aromatic carbocycles. The number of benzene rings is 3. The maximum absolute atomic E-state index is 13.1. The number of carbonyl (C=O) groups is 3.